The second kappa shape index (κ2) is 72.6. The Kier molecular flexibility index (Phi) is 70.9. The number of rotatable bonds is 71. The molecule has 0 fully saturated rings. The molecule has 0 aliphatic rings. The fourth-order valence-electron chi connectivity index (χ4n) is 11.9. The predicted molar refractivity (Wildman–Crippen MR) is 366 cm³/mol. The molecule has 0 rings (SSSR count). The van der Waals surface area contributed by atoms with E-state index >= 15 is 0 Å². The van der Waals surface area contributed by atoms with Gasteiger partial charge in [0.1, 0.15) is 0 Å². The van der Waals surface area contributed by atoms with Gasteiger partial charge in [0.25, 0.3) is 0 Å². The molecule has 3 N–H and O–H groups in total. The van der Waals surface area contributed by atoms with Crippen molar-refractivity contribution in [3.8, 4) is 0 Å². The zero-order chi connectivity index (χ0) is 59.9. The Balaban J connectivity index is 3.39. The summed E-state index contributed by atoms with van der Waals surface area (Å²) in [5, 5.41) is 23.2. The molecule has 1 amide bonds. The van der Waals surface area contributed by atoms with Gasteiger partial charge in [-0.15, -0.1) is 0 Å². The number of ether oxygens (including phenoxy) is 1. The Hall–Kier alpha value is -1.92. The summed E-state index contributed by atoms with van der Waals surface area (Å²) in [6.45, 7) is 4.94. The van der Waals surface area contributed by atoms with Crippen LogP contribution in [0.15, 0.2) is 36.5 Å². The number of aliphatic hydroxyl groups excluding tert-OH is 2. The highest BCUT2D eigenvalue weighted by molar-refractivity contribution is 5.76. The van der Waals surface area contributed by atoms with E-state index in [0.717, 1.165) is 44.9 Å². The van der Waals surface area contributed by atoms with Crippen molar-refractivity contribution < 1.29 is 24.5 Å². The molecule has 0 aliphatic carbocycles. The largest absolute Gasteiger partial charge is 0.466 e. The molecule has 0 heterocycles. The standard InChI is InChI=1S/C77H147NO5/c1-3-5-7-9-11-13-15-17-19-20-36-39-42-45-49-53-57-61-65-69-75(80)74(73-79)78-76(81)70-66-62-58-54-50-46-43-40-37-34-32-30-28-26-24-22-21-23-25-27-29-31-33-35-38-41-44-48-52-56-60-64-68-72-83-77(82)71-67-63-59-55-51-47-18-16-14-12-10-8-6-4-2/h25,27,31,33,65,69,74-75,79-80H,3-24,26,28-30,32,34-64,66-68,70-73H2,1-2H3,(H,78,81)/b27-25-,33-31-,69-65+. The van der Waals surface area contributed by atoms with E-state index < -0.39 is 12.1 Å². The molecule has 6 heteroatoms. The first-order valence-electron chi connectivity index (χ1n) is 37.8. The van der Waals surface area contributed by atoms with E-state index in [4.69, 9.17) is 4.74 Å². The highest BCUT2D eigenvalue weighted by Gasteiger charge is 2.18. The summed E-state index contributed by atoms with van der Waals surface area (Å²) in [5.41, 5.74) is 0. The first kappa shape index (κ1) is 81.1. The maximum atomic E-state index is 12.5. The van der Waals surface area contributed by atoms with Gasteiger partial charge in [0.05, 0.1) is 25.4 Å². The number of unbranched alkanes of at least 4 members (excludes halogenated alkanes) is 56. The quantitative estimate of drug-likeness (QED) is 0.0320. The Labute approximate surface area is 519 Å². The zero-order valence-corrected chi connectivity index (χ0v) is 56.2. The summed E-state index contributed by atoms with van der Waals surface area (Å²) in [5.74, 6) is -0.0456. The van der Waals surface area contributed by atoms with E-state index in [1.54, 1.807) is 6.08 Å². The van der Waals surface area contributed by atoms with E-state index in [1.165, 1.54) is 347 Å². The summed E-state index contributed by atoms with van der Waals surface area (Å²) in [7, 11) is 0. The minimum Gasteiger partial charge on any atom is -0.466 e. The average Bonchev–Trinajstić information content (AvgIpc) is 3.48. The van der Waals surface area contributed by atoms with Crippen LogP contribution in [-0.4, -0.2) is 47.4 Å². The number of esters is 1. The summed E-state index contributed by atoms with van der Waals surface area (Å²) in [6.07, 6.45) is 93.9. The van der Waals surface area contributed by atoms with Crippen LogP contribution in [0.2, 0.25) is 0 Å². The van der Waals surface area contributed by atoms with Gasteiger partial charge in [-0.05, 0) is 64.2 Å². The van der Waals surface area contributed by atoms with E-state index in [0.29, 0.717) is 19.4 Å². The van der Waals surface area contributed by atoms with Crippen LogP contribution in [0.3, 0.4) is 0 Å². The van der Waals surface area contributed by atoms with Gasteiger partial charge in [0.15, 0.2) is 0 Å². The number of amides is 1. The van der Waals surface area contributed by atoms with E-state index in [-0.39, 0.29) is 18.5 Å². The minimum atomic E-state index is -0.844. The summed E-state index contributed by atoms with van der Waals surface area (Å²) in [6, 6.07) is -0.627. The third-order valence-corrected chi connectivity index (χ3v) is 17.7. The van der Waals surface area contributed by atoms with Crippen molar-refractivity contribution in [3.63, 3.8) is 0 Å². The lowest BCUT2D eigenvalue weighted by atomic mass is 10.0. The van der Waals surface area contributed by atoms with Crippen LogP contribution in [0.4, 0.5) is 0 Å². The molecule has 0 saturated heterocycles. The van der Waals surface area contributed by atoms with Crippen molar-refractivity contribution >= 4 is 11.9 Å². The van der Waals surface area contributed by atoms with Crippen molar-refractivity contribution in [2.24, 2.45) is 0 Å². The van der Waals surface area contributed by atoms with Crippen molar-refractivity contribution in [2.45, 2.75) is 431 Å². The smallest absolute Gasteiger partial charge is 0.305 e. The lowest BCUT2D eigenvalue weighted by molar-refractivity contribution is -0.143. The normalized spacial score (nSPS) is 12.7. The molecule has 0 aliphatic heterocycles. The molecule has 6 nitrogen and oxygen atoms in total. The minimum absolute atomic E-state index is 0.0168. The SMILES string of the molecule is CCCCCCCCCCCCCCCCCCC/C=C/C(O)C(CO)NC(=O)CCCCCCCCCCCCCCCCCCC/C=C\C/C=C\CCCCCCCCCCCOC(=O)CCCCCCCCCCCCCCCC. The highest BCUT2D eigenvalue weighted by Crippen LogP contribution is 2.19. The topological polar surface area (TPSA) is 95.9 Å². The van der Waals surface area contributed by atoms with Crippen LogP contribution in [0, 0.1) is 0 Å². The molecule has 490 valence electrons. The van der Waals surface area contributed by atoms with Crippen molar-refractivity contribution in [2.75, 3.05) is 13.2 Å². The number of carbonyl (C=O) groups excluding carboxylic acids is 2. The monoisotopic (exact) mass is 1170 g/mol. The fraction of sp³-hybridized carbons (Fsp3) is 0.896. The lowest BCUT2D eigenvalue weighted by Gasteiger charge is -2.20. The number of carbonyl (C=O) groups is 2. The number of aliphatic hydroxyl groups is 2. The molecule has 2 unspecified atom stereocenters. The van der Waals surface area contributed by atoms with Crippen molar-refractivity contribution in [1.82, 2.24) is 5.32 Å². The van der Waals surface area contributed by atoms with Crippen LogP contribution < -0.4 is 5.32 Å². The van der Waals surface area contributed by atoms with E-state index in [2.05, 4.69) is 43.5 Å². The number of hydrogen-bond donors (Lipinski definition) is 3. The van der Waals surface area contributed by atoms with Gasteiger partial charge in [-0.25, -0.2) is 0 Å². The maximum Gasteiger partial charge on any atom is 0.305 e. The van der Waals surface area contributed by atoms with Crippen LogP contribution >= 0.6 is 0 Å². The number of allylic oxidation sites excluding steroid dienone is 5. The summed E-state index contributed by atoms with van der Waals surface area (Å²) in [4.78, 5) is 24.6. The number of hydrogen-bond acceptors (Lipinski definition) is 5. The van der Waals surface area contributed by atoms with Crippen LogP contribution in [0.1, 0.15) is 418 Å². The van der Waals surface area contributed by atoms with Gasteiger partial charge in [0.2, 0.25) is 5.91 Å². The Morgan fingerprint density at radius 2 is 0.602 bits per heavy atom. The molecule has 0 bridgehead atoms. The predicted octanol–water partition coefficient (Wildman–Crippen LogP) is 24.7. The van der Waals surface area contributed by atoms with Crippen LogP contribution in [0.25, 0.3) is 0 Å². The third-order valence-electron chi connectivity index (χ3n) is 17.7. The maximum absolute atomic E-state index is 12.5. The zero-order valence-electron chi connectivity index (χ0n) is 56.2. The lowest BCUT2D eigenvalue weighted by Crippen LogP contribution is -2.45. The second-order valence-corrected chi connectivity index (χ2v) is 26.0. The van der Waals surface area contributed by atoms with E-state index in [9.17, 15) is 19.8 Å². The first-order valence-corrected chi connectivity index (χ1v) is 37.8. The van der Waals surface area contributed by atoms with Crippen molar-refractivity contribution in [1.29, 1.82) is 0 Å². The van der Waals surface area contributed by atoms with Crippen LogP contribution in [0.5, 0.6) is 0 Å². The Morgan fingerprint density at radius 1 is 0.337 bits per heavy atom. The van der Waals surface area contributed by atoms with E-state index in [1.807, 2.05) is 6.08 Å². The second-order valence-electron chi connectivity index (χ2n) is 26.0. The molecular formula is C77H147NO5. The van der Waals surface area contributed by atoms with Gasteiger partial charge < -0.3 is 20.3 Å². The highest BCUT2D eigenvalue weighted by atomic mass is 16.5. The van der Waals surface area contributed by atoms with Gasteiger partial charge in [-0.2, -0.15) is 0 Å². The van der Waals surface area contributed by atoms with Gasteiger partial charge in [-0.1, -0.05) is 378 Å². The van der Waals surface area contributed by atoms with Crippen LogP contribution in [-0.2, 0) is 14.3 Å². The Morgan fingerprint density at radius 3 is 0.916 bits per heavy atom. The summed E-state index contributed by atoms with van der Waals surface area (Å²) < 4.78 is 5.49. The molecule has 0 radical (unpaired) electrons. The van der Waals surface area contributed by atoms with Gasteiger partial charge in [0, 0.05) is 12.8 Å². The average molecular weight is 1170 g/mol. The molecule has 0 aromatic carbocycles. The number of nitrogens with one attached hydrogen (secondary N) is 1. The molecule has 2 atom stereocenters. The summed E-state index contributed by atoms with van der Waals surface area (Å²) >= 11 is 0. The first-order chi connectivity index (χ1) is 41.0. The van der Waals surface area contributed by atoms with Gasteiger partial charge >= 0.3 is 5.97 Å². The molecule has 0 spiro atoms. The molecule has 0 saturated carbocycles. The van der Waals surface area contributed by atoms with Crippen molar-refractivity contribution in [3.05, 3.63) is 36.5 Å². The molecule has 0 aromatic heterocycles. The Bertz CT molecular complexity index is 1340. The fourth-order valence-corrected chi connectivity index (χ4v) is 11.9. The molecular weight excluding hydrogens is 1020 g/mol. The van der Waals surface area contributed by atoms with Gasteiger partial charge in [-0.3, -0.25) is 9.59 Å². The molecule has 83 heavy (non-hydrogen) atoms. The third kappa shape index (κ3) is 69.1. The molecule has 0 aromatic rings.